The predicted molar refractivity (Wildman–Crippen MR) is 75.3 cm³/mol. The fraction of sp³-hybridized carbons (Fsp3) is 0.500. The Bertz CT molecular complexity index is 439. The van der Waals surface area contributed by atoms with Gasteiger partial charge in [-0.05, 0) is 57.9 Å². The molecule has 1 rings (SSSR count). The van der Waals surface area contributed by atoms with Crippen molar-refractivity contribution in [3.8, 4) is 5.75 Å². The van der Waals surface area contributed by atoms with Gasteiger partial charge in [0, 0.05) is 0 Å². The molecular weight excluding hydrogens is 244 g/mol. The van der Waals surface area contributed by atoms with E-state index in [9.17, 15) is 9.90 Å². The number of hydrogen-bond donors (Lipinski definition) is 3. The molecule has 0 aromatic heterocycles. The largest absolute Gasteiger partial charge is 0.506 e. The molecule has 5 nitrogen and oxygen atoms in total. The summed E-state index contributed by atoms with van der Waals surface area (Å²) >= 11 is 0. The Morgan fingerprint density at radius 2 is 2.11 bits per heavy atom. The maximum absolute atomic E-state index is 11.6. The highest BCUT2D eigenvalue weighted by atomic mass is 16.6. The van der Waals surface area contributed by atoms with Gasteiger partial charge >= 0.3 is 6.09 Å². The van der Waals surface area contributed by atoms with Crippen molar-refractivity contribution in [1.29, 1.82) is 0 Å². The van der Waals surface area contributed by atoms with Crippen LogP contribution in [0.5, 0.6) is 5.75 Å². The highest BCUT2D eigenvalue weighted by molar-refractivity contribution is 5.87. The zero-order chi connectivity index (χ0) is 14.5. The third-order valence-electron chi connectivity index (χ3n) is 2.37. The minimum atomic E-state index is -0.584. The van der Waals surface area contributed by atoms with E-state index in [1.165, 1.54) is 0 Å². The number of benzene rings is 1. The summed E-state index contributed by atoms with van der Waals surface area (Å²) < 4.78 is 5.14. The van der Waals surface area contributed by atoms with Crippen molar-refractivity contribution in [1.82, 2.24) is 0 Å². The Labute approximate surface area is 113 Å². The molecule has 1 aromatic rings. The molecule has 0 aliphatic carbocycles. The Hall–Kier alpha value is -1.75. The summed E-state index contributed by atoms with van der Waals surface area (Å²) in [6.45, 7) is 5.95. The first-order chi connectivity index (χ1) is 8.81. The fourth-order valence-corrected chi connectivity index (χ4v) is 1.56. The van der Waals surface area contributed by atoms with Gasteiger partial charge in [-0.2, -0.15) is 0 Å². The van der Waals surface area contributed by atoms with E-state index in [0.29, 0.717) is 12.2 Å². The summed E-state index contributed by atoms with van der Waals surface area (Å²) in [5.74, 6) is 0.0161. The number of rotatable bonds is 4. The molecule has 0 atom stereocenters. The second-order valence-electron chi connectivity index (χ2n) is 5.37. The molecule has 19 heavy (non-hydrogen) atoms. The summed E-state index contributed by atoms with van der Waals surface area (Å²) in [7, 11) is 0. The first-order valence-electron chi connectivity index (χ1n) is 6.34. The molecule has 0 saturated heterocycles. The minimum Gasteiger partial charge on any atom is -0.506 e. The summed E-state index contributed by atoms with van der Waals surface area (Å²) in [4.78, 5) is 11.6. The topological polar surface area (TPSA) is 84.6 Å². The third kappa shape index (κ3) is 5.61. The van der Waals surface area contributed by atoms with E-state index in [1.54, 1.807) is 32.9 Å². The molecule has 0 saturated carbocycles. The molecule has 0 heterocycles. The van der Waals surface area contributed by atoms with E-state index in [4.69, 9.17) is 10.5 Å². The first-order valence-corrected chi connectivity index (χ1v) is 6.34. The normalized spacial score (nSPS) is 11.2. The SMILES string of the molecule is CC(C)(C)OC(=O)Nc1cc(CCCN)ccc1O. The van der Waals surface area contributed by atoms with Crippen molar-refractivity contribution in [3.05, 3.63) is 23.8 Å². The number of carbonyl (C=O) groups excluding carboxylic acids is 1. The number of amides is 1. The molecule has 0 aliphatic rings. The molecule has 0 unspecified atom stereocenters. The summed E-state index contributed by atoms with van der Waals surface area (Å²) in [6, 6.07) is 5.10. The maximum Gasteiger partial charge on any atom is 0.412 e. The molecule has 106 valence electrons. The summed E-state index contributed by atoms with van der Waals surface area (Å²) in [5.41, 5.74) is 6.24. The van der Waals surface area contributed by atoms with Crippen LogP contribution in [0.15, 0.2) is 18.2 Å². The average Bonchev–Trinajstić information content (AvgIpc) is 2.27. The van der Waals surface area contributed by atoms with Gasteiger partial charge in [-0.1, -0.05) is 6.07 Å². The lowest BCUT2D eigenvalue weighted by Gasteiger charge is -2.20. The van der Waals surface area contributed by atoms with Gasteiger partial charge in [0.1, 0.15) is 11.4 Å². The molecule has 0 radical (unpaired) electrons. The van der Waals surface area contributed by atoms with Crippen LogP contribution < -0.4 is 11.1 Å². The second-order valence-corrected chi connectivity index (χ2v) is 5.37. The number of carbonyl (C=O) groups is 1. The number of hydrogen-bond acceptors (Lipinski definition) is 4. The van der Waals surface area contributed by atoms with Crippen LogP contribution in [-0.2, 0) is 11.2 Å². The molecular formula is C14H22N2O3. The quantitative estimate of drug-likeness (QED) is 0.731. The molecule has 0 fully saturated rings. The highest BCUT2D eigenvalue weighted by Crippen LogP contribution is 2.25. The predicted octanol–water partition coefficient (Wildman–Crippen LogP) is 2.63. The Kier molecular flexibility index (Phi) is 5.18. The van der Waals surface area contributed by atoms with Crippen molar-refractivity contribution >= 4 is 11.8 Å². The van der Waals surface area contributed by atoms with Crippen molar-refractivity contribution in [2.75, 3.05) is 11.9 Å². The minimum absolute atomic E-state index is 0.0161. The van der Waals surface area contributed by atoms with Crippen molar-refractivity contribution in [2.45, 2.75) is 39.2 Å². The highest BCUT2D eigenvalue weighted by Gasteiger charge is 2.17. The zero-order valence-electron chi connectivity index (χ0n) is 11.7. The van der Waals surface area contributed by atoms with Crippen molar-refractivity contribution < 1.29 is 14.6 Å². The molecule has 0 spiro atoms. The summed E-state index contributed by atoms with van der Waals surface area (Å²) in [5, 5.41) is 12.3. The summed E-state index contributed by atoms with van der Waals surface area (Å²) in [6.07, 6.45) is 1.08. The van der Waals surface area contributed by atoms with Gasteiger partial charge in [0.05, 0.1) is 5.69 Å². The number of nitrogens with two attached hydrogens (primary N) is 1. The van der Waals surface area contributed by atoms with Crippen LogP contribution in [0, 0.1) is 0 Å². The molecule has 1 amide bonds. The van der Waals surface area contributed by atoms with Crippen LogP contribution in [0.4, 0.5) is 10.5 Å². The lowest BCUT2D eigenvalue weighted by atomic mass is 10.1. The molecule has 5 heteroatoms. The smallest absolute Gasteiger partial charge is 0.412 e. The number of aromatic hydroxyl groups is 1. The van der Waals surface area contributed by atoms with E-state index in [-0.39, 0.29) is 5.75 Å². The second kappa shape index (κ2) is 6.43. The lowest BCUT2D eigenvalue weighted by molar-refractivity contribution is 0.0635. The van der Waals surface area contributed by atoms with E-state index >= 15 is 0 Å². The van der Waals surface area contributed by atoms with Gasteiger partial charge in [-0.25, -0.2) is 4.79 Å². The third-order valence-corrected chi connectivity index (χ3v) is 2.37. The molecule has 0 aliphatic heterocycles. The van der Waals surface area contributed by atoms with Gasteiger partial charge in [0.25, 0.3) is 0 Å². The van der Waals surface area contributed by atoms with Crippen LogP contribution in [0.2, 0.25) is 0 Å². The Morgan fingerprint density at radius 3 is 2.68 bits per heavy atom. The number of anilines is 1. The van der Waals surface area contributed by atoms with Gasteiger partial charge in [0.2, 0.25) is 0 Å². The molecule has 0 bridgehead atoms. The molecule has 4 N–H and O–H groups in total. The number of phenolic OH excluding ortho intramolecular Hbond substituents is 1. The Morgan fingerprint density at radius 1 is 1.42 bits per heavy atom. The monoisotopic (exact) mass is 266 g/mol. The lowest BCUT2D eigenvalue weighted by Crippen LogP contribution is -2.27. The maximum atomic E-state index is 11.6. The first kappa shape index (κ1) is 15.3. The van der Waals surface area contributed by atoms with E-state index < -0.39 is 11.7 Å². The Balaban J connectivity index is 2.73. The van der Waals surface area contributed by atoms with Gasteiger partial charge in [0.15, 0.2) is 0 Å². The van der Waals surface area contributed by atoms with Gasteiger partial charge < -0.3 is 15.6 Å². The van der Waals surface area contributed by atoms with Crippen molar-refractivity contribution in [3.63, 3.8) is 0 Å². The van der Waals surface area contributed by atoms with Crippen LogP contribution in [-0.4, -0.2) is 23.3 Å². The standard InChI is InChI=1S/C14H22N2O3/c1-14(2,3)19-13(18)16-11-9-10(5-4-8-15)6-7-12(11)17/h6-7,9,17H,4-5,8,15H2,1-3H3,(H,16,18). The van der Waals surface area contributed by atoms with Crippen LogP contribution in [0.3, 0.4) is 0 Å². The van der Waals surface area contributed by atoms with E-state index in [1.807, 2.05) is 6.07 Å². The van der Waals surface area contributed by atoms with Crippen molar-refractivity contribution in [2.24, 2.45) is 5.73 Å². The van der Waals surface area contributed by atoms with Crippen LogP contribution in [0.1, 0.15) is 32.8 Å². The van der Waals surface area contributed by atoms with Crippen LogP contribution >= 0.6 is 0 Å². The number of phenols is 1. The number of aryl methyl sites for hydroxylation is 1. The van der Waals surface area contributed by atoms with Crippen LogP contribution in [0.25, 0.3) is 0 Å². The number of ether oxygens (including phenoxy) is 1. The average molecular weight is 266 g/mol. The number of nitrogens with one attached hydrogen (secondary N) is 1. The van der Waals surface area contributed by atoms with Gasteiger partial charge in [-0.15, -0.1) is 0 Å². The fourth-order valence-electron chi connectivity index (χ4n) is 1.56. The molecule has 1 aromatic carbocycles. The zero-order valence-corrected chi connectivity index (χ0v) is 11.7. The van der Waals surface area contributed by atoms with Gasteiger partial charge in [-0.3, -0.25) is 5.32 Å². The van der Waals surface area contributed by atoms with E-state index in [2.05, 4.69) is 5.32 Å². The van der Waals surface area contributed by atoms with E-state index in [0.717, 1.165) is 18.4 Å².